The molecule has 270 valence electrons. The van der Waals surface area contributed by atoms with E-state index in [9.17, 15) is 18.5 Å². The average molecular weight is 735 g/mol. The molecule has 0 aliphatic carbocycles. The number of likely N-dealkylation sites (tertiary alicyclic amines) is 1. The first kappa shape index (κ1) is 36.6. The maximum absolute atomic E-state index is 15.4. The lowest BCUT2D eigenvalue weighted by atomic mass is 9.80. The Balaban J connectivity index is 1.45. The molecule has 0 N–H and O–H groups in total. The van der Waals surface area contributed by atoms with Crippen LogP contribution in [0.4, 0.5) is 5.69 Å². The number of carbonyl (C=O) groups is 2. The Morgan fingerprint density at radius 1 is 1.02 bits per heavy atom. The number of nitrogens with zero attached hydrogens (tertiary/aromatic N) is 6. The molecule has 12 nitrogen and oxygen atoms in total. The Kier molecular flexibility index (Phi) is 10.6. The second-order valence-electron chi connectivity index (χ2n) is 13.4. The van der Waals surface area contributed by atoms with E-state index in [0.29, 0.717) is 48.6 Å². The molecular weight excluding hydrogens is 692 g/mol. The van der Waals surface area contributed by atoms with E-state index < -0.39 is 27.5 Å². The van der Waals surface area contributed by atoms with E-state index in [-0.39, 0.29) is 27.1 Å². The van der Waals surface area contributed by atoms with Crippen LogP contribution in [0, 0.1) is 11.3 Å². The standard InChI is InChI=1S/C37H43ClN6O6S/c1-40(2)35(45)33-7-5-17-43(33)37(30-14-11-28(24-34(30)49-4)50-22-6-16-42-20-18-41(3)19-21-42)31-23-27(38)10-15-32(31)44(36(37)46)51(47,48)29-12-8-26(25-39)9-13-29/h8-15,23-24,33H,5-7,16-22H2,1-4H3/t33-,37?/m0/s1. The van der Waals surface area contributed by atoms with Crippen LogP contribution in [0.15, 0.2) is 65.6 Å². The summed E-state index contributed by atoms with van der Waals surface area (Å²) in [5.41, 5.74) is -0.758. The van der Waals surface area contributed by atoms with Gasteiger partial charge in [0.25, 0.3) is 15.9 Å². The fraction of sp³-hybridized carbons (Fsp3) is 0.432. The molecule has 3 aromatic rings. The third-order valence-corrected chi connectivity index (χ3v) is 12.0. The first-order valence-electron chi connectivity index (χ1n) is 17.0. The minimum atomic E-state index is -4.52. The molecule has 2 saturated heterocycles. The Morgan fingerprint density at radius 3 is 2.41 bits per heavy atom. The number of fused-ring (bicyclic) bond motifs is 1. The molecule has 1 unspecified atom stereocenters. The highest BCUT2D eigenvalue weighted by molar-refractivity contribution is 7.93. The summed E-state index contributed by atoms with van der Waals surface area (Å²) >= 11 is 6.63. The predicted octanol–water partition coefficient (Wildman–Crippen LogP) is 3.77. The molecule has 0 bridgehead atoms. The number of nitriles is 1. The summed E-state index contributed by atoms with van der Waals surface area (Å²) in [6, 6.07) is 16.5. The molecule has 3 heterocycles. The third-order valence-electron chi connectivity index (χ3n) is 10.0. The lowest BCUT2D eigenvalue weighted by Crippen LogP contribution is -2.59. The van der Waals surface area contributed by atoms with Crippen molar-refractivity contribution in [3.8, 4) is 17.6 Å². The number of halogens is 1. The van der Waals surface area contributed by atoms with E-state index in [4.69, 9.17) is 21.1 Å². The number of amides is 2. The first-order chi connectivity index (χ1) is 24.4. The minimum absolute atomic E-state index is 0.114. The van der Waals surface area contributed by atoms with Crippen molar-refractivity contribution in [1.82, 2.24) is 19.6 Å². The topological polar surface area (TPSA) is 127 Å². The molecule has 2 atom stereocenters. The molecule has 2 fully saturated rings. The van der Waals surface area contributed by atoms with Gasteiger partial charge < -0.3 is 24.2 Å². The molecule has 3 aliphatic rings. The molecule has 6 rings (SSSR count). The normalized spacial score (nSPS) is 21.4. The van der Waals surface area contributed by atoms with E-state index in [1.165, 1.54) is 48.4 Å². The zero-order valence-electron chi connectivity index (χ0n) is 29.3. The van der Waals surface area contributed by atoms with Crippen LogP contribution in [-0.4, -0.2) is 120 Å². The number of ether oxygens (including phenoxy) is 2. The quantitative estimate of drug-likeness (QED) is 0.269. The van der Waals surface area contributed by atoms with E-state index in [0.717, 1.165) is 43.4 Å². The number of benzene rings is 3. The molecule has 51 heavy (non-hydrogen) atoms. The van der Waals surface area contributed by atoms with Crippen LogP contribution in [0.5, 0.6) is 11.5 Å². The van der Waals surface area contributed by atoms with Crippen molar-refractivity contribution < 1.29 is 27.5 Å². The van der Waals surface area contributed by atoms with Crippen LogP contribution in [0.1, 0.15) is 36.0 Å². The van der Waals surface area contributed by atoms with Gasteiger partial charge in [0.05, 0.1) is 42.0 Å². The van der Waals surface area contributed by atoms with Gasteiger partial charge in [-0.05, 0) is 80.9 Å². The molecule has 0 spiro atoms. The fourth-order valence-electron chi connectivity index (χ4n) is 7.42. The Labute approximate surface area is 304 Å². The largest absolute Gasteiger partial charge is 0.496 e. The summed E-state index contributed by atoms with van der Waals surface area (Å²) in [5, 5.41) is 9.61. The number of piperazine rings is 1. The Morgan fingerprint density at radius 2 is 1.75 bits per heavy atom. The van der Waals surface area contributed by atoms with Gasteiger partial charge >= 0.3 is 0 Å². The summed E-state index contributed by atoms with van der Waals surface area (Å²) in [7, 11) is 2.41. The van der Waals surface area contributed by atoms with Crippen molar-refractivity contribution in [3.05, 3.63) is 82.4 Å². The van der Waals surface area contributed by atoms with Crippen molar-refractivity contribution in [2.24, 2.45) is 0 Å². The molecule has 0 aromatic heterocycles. The van der Waals surface area contributed by atoms with Gasteiger partial charge in [0.15, 0.2) is 5.54 Å². The monoisotopic (exact) mass is 734 g/mol. The summed E-state index contributed by atoms with van der Waals surface area (Å²) in [5.74, 6) is -0.172. The third kappa shape index (κ3) is 6.67. The molecule has 3 aliphatic heterocycles. The lowest BCUT2D eigenvalue weighted by Gasteiger charge is -2.42. The Hall–Kier alpha value is -4.19. The molecule has 2 amide bonds. The van der Waals surface area contributed by atoms with Crippen LogP contribution in [0.3, 0.4) is 0 Å². The second-order valence-corrected chi connectivity index (χ2v) is 15.6. The van der Waals surface area contributed by atoms with Crippen molar-refractivity contribution in [1.29, 1.82) is 5.26 Å². The number of sulfonamides is 1. The van der Waals surface area contributed by atoms with Crippen molar-refractivity contribution >= 4 is 39.1 Å². The molecule has 0 saturated carbocycles. The first-order valence-corrected chi connectivity index (χ1v) is 18.9. The highest BCUT2D eigenvalue weighted by Gasteiger charge is 2.63. The fourth-order valence-corrected chi connectivity index (χ4v) is 9.05. The van der Waals surface area contributed by atoms with Gasteiger partial charge in [-0.15, -0.1) is 0 Å². The molecule has 14 heteroatoms. The van der Waals surface area contributed by atoms with Gasteiger partial charge in [0.1, 0.15) is 11.5 Å². The van der Waals surface area contributed by atoms with Gasteiger partial charge in [-0.2, -0.15) is 5.26 Å². The average Bonchev–Trinajstić information content (AvgIpc) is 3.71. The number of rotatable bonds is 11. The predicted molar refractivity (Wildman–Crippen MR) is 194 cm³/mol. The number of methoxy groups -OCH3 is 1. The number of anilines is 1. The van der Waals surface area contributed by atoms with E-state index >= 15 is 4.79 Å². The Bertz CT molecular complexity index is 1940. The molecular formula is C37H43ClN6O6S. The maximum Gasteiger partial charge on any atom is 0.271 e. The maximum atomic E-state index is 15.4. The minimum Gasteiger partial charge on any atom is -0.496 e. The van der Waals surface area contributed by atoms with Crippen molar-refractivity contribution in [3.63, 3.8) is 0 Å². The van der Waals surface area contributed by atoms with Crippen LogP contribution in [0.25, 0.3) is 0 Å². The van der Waals surface area contributed by atoms with E-state index in [1.807, 2.05) is 6.07 Å². The summed E-state index contributed by atoms with van der Waals surface area (Å²) in [6.07, 6.45) is 1.88. The summed E-state index contributed by atoms with van der Waals surface area (Å²) < 4.78 is 41.9. The van der Waals surface area contributed by atoms with Gasteiger partial charge in [-0.25, -0.2) is 12.7 Å². The number of carbonyl (C=O) groups excluding carboxylic acids is 2. The van der Waals surface area contributed by atoms with Gasteiger partial charge in [0.2, 0.25) is 5.91 Å². The lowest BCUT2D eigenvalue weighted by molar-refractivity contribution is -0.138. The van der Waals surface area contributed by atoms with Crippen molar-refractivity contribution in [2.75, 3.05) is 78.4 Å². The van der Waals surface area contributed by atoms with Crippen LogP contribution in [-0.2, 0) is 25.2 Å². The van der Waals surface area contributed by atoms with Crippen molar-refractivity contribution in [2.45, 2.75) is 35.7 Å². The number of hydrogen-bond donors (Lipinski definition) is 0. The van der Waals surface area contributed by atoms with Crippen LogP contribution in [0.2, 0.25) is 5.02 Å². The highest BCUT2D eigenvalue weighted by atomic mass is 35.5. The van der Waals surface area contributed by atoms with Gasteiger partial charge in [0, 0.05) is 75.6 Å². The smallest absolute Gasteiger partial charge is 0.271 e. The van der Waals surface area contributed by atoms with E-state index in [1.54, 1.807) is 43.3 Å². The molecule has 3 aromatic carbocycles. The van der Waals surface area contributed by atoms with Gasteiger partial charge in [-0.3, -0.25) is 14.5 Å². The summed E-state index contributed by atoms with van der Waals surface area (Å²) in [4.78, 5) is 37.0. The van der Waals surface area contributed by atoms with Gasteiger partial charge in [-0.1, -0.05) is 11.6 Å². The highest BCUT2D eigenvalue weighted by Crippen LogP contribution is 2.55. The van der Waals surface area contributed by atoms with Crippen LogP contribution >= 0.6 is 11.6 Å². The molecule has 0 radical (unpaired) electrons. The number of likely N-dealkylation sites (N-methyl/N-ethyl adjacent to an activating group) is 2. The SMILES string of the molecule is COc1cc(OCCCN2CCN(C)CC2)ccc1C1(N2CCC[C@H]2C(=O)N(C)C)C(=O)N(S(=O)(=O)c2ccc(C#N)cc2)c2ccc(Cl)cc21. The second kappa shape index (κ2) is 14.8. The van der Waals surface area contributed by atoms with E-state index in [2.05, 4.69) is 16.8 Å². The zero-order valence-corrected chi connectivity index (χ0v) is 30.9. The zero-order chi connectivity index (χ0) is 36.5. The summed E-state index contributed by atoms with van der Waals surface area (Å²) in [6.45, 7) is 5.83. The number of hydrogen-bond acceptors (Lipinski definition) is 10. The van der Waals surface area contributed by atoms with Crippen LogP contribution < -0.4 is 13.8 Å².